The van der Waals surface area contributed by atoms with E-state index in [9.17, 15) is 9.59 Å². The fraction of sp³-hybridized carbons (Fsp3) is 0.158. The Bertz CT molecular complexity index is 645. The van der Waals surface area contributed by atoms with Crippen molar-refractivity contribution in [3.63, 3.8) is 0 Å². The minimum atomic E-state index is -0.379. The summed E-state index contributed by atoms with van der Waals surface area (Å²) < 4.78 is 10.8. The van der Waals surface area contributed by atoms with Gasteiger partial charge in [-0.3, -0.25) is 0 Å². The largest absolute Gasteiger partial charge is 0.454 e. The molecule has 2 atom stereocenters. The Labute approximate surface area is 134 Å². The van der Waals surface area contributed by atoms with Crippen LogP contribution in [0, 0.1) is 0 Å². The lowest BCUT2D eigenvalue weighted by Gasteiger charge is -2.14. The zero-order valence-corrected chi connectivity index (χ0v) is 12.4. The second kappa shape index (κ2) is 6.92. The lowest BCUT2D eigenvalue weighted by molar-refractivity contribution is 0.0234. The van der Waals surface area contributed by atoms with Gasteiger partial charge >= 0.3 is 11.9 Å². The Hall–Kier alpha value is -2.88. The fourth-order valence-corrected chi connectivity index (χ4v) is 2.37. The molecular weight excluding hydrogens is 292 g/mol. The van der Waals surface area contributed by atoms with Crippen LogP contribution in [0.5, 0.6) is 0 Å². The van der Waals surface area contributed by atoms with Crippen molar-refractivity contribution in [3.05, 3.63) is 83.9 Å². The van der Waals surface area contributed by atoms with E-state index in [1.807, 2.05) is 12.1 Å². The summed E-state index contributed by atoms with van der Waals surface area (Å²) in [5.41, 5.74) is 1.01. The number of ether oxygens (including phenoxy) is 2. The third-order valence-corrected chi connectivity index (χ3v) is 3.54. The quantitative estimate of drug-likeness (QED) is 0.641. The van der Waals surface area contributed by atoms with Gasteiger partial charge in [0.1, 0.15) is 12.2 Å². The number of esters is 2. The van der Waals surface area contributed by atoms with E-state index in [4.69, 9.17) is 9.47 Å². The molecule has 0 unspecified atom stereocenters. The molecule has 116 valence electrons. The van der Waals surface area contributed by atoms with Crippen molar-refractivity contribution in [1.29, 1.82) is 0 Å². The van der Waals surface area contributed by atoms with Crippen LogP contribution in [0.25, 0.3) is 0 Å². The smallest absolute Gasteiger partial charge is 0.338 e. The van der Waals surface area contributed by atoms with Crippen molar-refractivity contribution < 1.29 is 19.1 Å². The van der Waals surface area contributed by atoms with Gasteiger partial charge in [0.15, 0.2) is 0 Å². The summed E-state index contributed by atoms with van der Waals surface area (Å²) in [4.78, 5) is 24.0. The van der Waals surface area contributed by atoms with Gasteiger partial charge in [-0.1, -0.05) is 36.4 Å². The predicted octanol–water partition coefficient (Wildman–Crippen LogP) is 3.40. The number of benzene rings is 2. The van der Waals surface area contributed by atoms with E-state index in [0.29, 0.717) is 17.5 Å². The first-order chi connectivity index (χ1) is 11.2. The second-order valence-electron chi connectivity index (χ2n) is 5.24. The van der Waals surface area contributed by atoms with E-state index < -0.39 is 0 Å². The van der Waals surface area contributed by atoms with Crippen molar-refractivity contribution in [2.24, 2.45) is 0 Å². The molecule has 4 nitrogen and oxygen atoms in total. The van der Waals surface area contributed by atoms with Gasteiger partial charge in [0.05, 0.1) is 11.1 Å². The summed E-state index contributed by atoms with van der Waals surface area (Å²) in [5.74, 6) is -0.759. The molecule has 0 heterocycles. The average Bonchev–Trinajstić information content (AvgIpc) is 3.03. The molecule has 0 saturated carbocycles. The highest BCUT2D eigenvalue weighted by Crippen LogP contribution is 2.20. The van der Waals surface area contributed by atoms with Gasteiger partial charge in [-0.25, -0.2) is 9.59 Å². The van der Waals surface area contributed by atoms with Crippen LogP contribution in [-0.4, -0.2) is 24.1 Å². The molecule has 0 bridgehead atoms. The average molecular weight is 308 g/mol. The third kappa shape index (κ3) is 3.86. The first-order valence-corrected chi connectivity index (χ1v) is 7.43. The van der Waals surface area contributed by atoms with Crippen LogP contribution in [0.3, 0.4) is 0 Å². The van der Waals surface area contributed by atoms with Crippen molar-refractivity contribution in [2.75, 3.05) is 0 Å². The Balaban J connectivity index is 1.52. The molecule has 23 heavy (non-hydrogen) atoms. The van der Waals surface area contributed by atoms with Crippen molar-refractivity contribution in [3.8, 4) is 0 Å². The van der Waals surface area contributed by atoms with E-state index >= 15 is 0 Å². The number of carbonyl (C=O) groups excluding carboxylic acids is 2. The molecule has 0 saturated heterocycles. The summed E-state index contributed by atoms with van der Waals surface area (Å²) in [6.45, 7) is 0. The highest BCUT2D eigenvalue weighted by molar-refractivity contribution is 5.90. The summed E-state index contributed by atoms with van der Waals surface area (Å²) in [7, 11) is 0. The van der Waals surface area contributed by atoms with Crippen LogP contribution in [0.1, 0.15) is 27.1 Å². The highest BCUT2D eigenvalue weighted by atomic mass is 16.6. The van der Waals surface area contributed by atoms with Gasteiger partial charge < -0.3 is 9.47 Å². The topological polar surface area (TPSA) is 52.6 Å². The molecule has 3 rings (SSSR count). The minimum absolute atomic E-state index is 0.378. The van der Waals surface area contributed by atoms with Crippen molar-refractivity contribution in [2.45, 2.75) is 18.6 Å². The van der Waals surface area contributed by atoms with Gasteiger partial charge in [-0.05, 0) is 36.4 Å². The predicted molar refractivity (Wildman–Crippen MR) is 85.0 cm³/mol. The summed E-state index contributed by atoms with van der Waals surface area (Å²) in [6.07, 6.45) is 3.19. The number of hydrogen-bond donors (Lipinski definition) is 0. The van der Waals surface area contributed by atoms with Gasteiger partial charge in [0.25, 0.3) is 0 Å². The molecule has 0 radical (unpaired) electrons. The molecule has 0 N–H and O–H groups in total. The molecule has 0 aliphatic heterocycles. The fourth-order valence-electron chi connectivity index (χ4n) is 2.37. The Kier molecular flexibility index (Phi) is 4.52. The maximum Gasteiger partial charge on any atom is 0.338 e. The monoisotopic (exact) mass is 308 g/mol. The van der Waals surface area contributed by atoms with Crippen LogP contribution >= 0.6 is 0 Å². The Morgan fingerprint density at radius 3 is 1.48 bits per heavy atom. The molecular formula is C19H16O4. The summed E-state index contributed by atoms with van der Waals surface area (Å²) in [5, 5.41) is 0. The molecule has 2 aromatic carbocycles. The van der Waals surface area contributed by atoms with Crippen LogP contribution in [-0.2, 0) is 9.47 Å². The van der Waals surface area contributed by atoms with Gasteiger partial charge in [-0.2, -0.15) is 0 Å². The Morgan fingerprint density at radius 1 is 0.696 bits per heavy atom. The maximum absolute atomic E-state index is 12.0. The number of rotatable bonds is 4. The SMILES string of the molecule is O=C(O[C@@H]1C=C[C@H](OC(=O)c2ccccc2)C1)c1ccccc1. The molecule has 2 aromatic rings. The minimum Gasteiger partial charge on any atom is -0.454 e. The van der Waals surface area contributed by atoms with E-state index in [0.717, 1.165) is 0 Å². The van der Waals surface area contributed by atoms with Gasteiger partial charge in [-0.15, -0.1) is 0 Å². The number of hydrogen-bond acceptors (Lipinski definition) is 4. The first kappa shape index (κ1) is 15.0. The molecule has 0 amide bonds. The summed E-state index contributed by atoms with van der Waals surface area (Å²) in [6, 6.07) is 17.6. The molecule has 0 spiro atoms. The zero-order chi connectivity index (χ0) is 16.1. The maximum atomic E-state index is 12.0. The zero-order valence-electron chi connectivity index (χ0n) is 12.4. The highest BCUT2D eigenvalue weighted by Gasteiger charge is 2.25. The van der Waals surface area contributed by atoms with Crippen LogP contribution < -0.4 is 0 Å². The van der Waals surface area contributed by atoms with Crippen LogP contribution in [0.15, 0.2) is 72.8 Å². The van der Waals surface area contributed by atoms with Crippen molar-refractivity contribution in [1.82, 2.24) is 0 Å². The van der Waals surface area contributed by atoms with E-state index in [1.54, 1.807) is 60.7 Å². The standard InChI is InChI=1S/C19H16O4/c20-18(14-7-3-1-4-8-14)22-16-11-12-17(13-16)23-19(21)15-9-5-2-6-10-15/h1-12,16-17H,13H2/t16-,17+. The van der Waals surface area contributed by atoms with Crippen LogP contribution in [0.4, 0.5) is 0 Å². The van der Waals surface area contributed by atoms with E-state index in [1.165, 1.54) is 0 Å². The first-order valence-electron chi connectivity index (χ1n) is 7.43. The third-order valence-electron chi connectivity index (χ3n) is 3.54. The van der Waals surface area contributed by atoms with Crippen molar-refractivity contribution >= 4 is 11.9 Å². The normalized spacial score (nSPS) is 19.3. The van der Waals surface area contributed by atoms with Gasteiger partial charge in [0.2, 0.25) is 0 Å². The van der Waals surface area contributed by atoms with E-state index in [2.05, 4.69) is 0 Å². The Morgan fingerprint density at radius 2 is 1.09 bits per heavy atom. The lowest BCUT2D eigenvalue weighted by atomic mass is 10.2. The van der Waals surface area contributed by atoms with Crippen LogP contribution in [0.2, 0.25) is 0 Å². The lowest BCUT2D eigenvalue weighted by Crippen LogP contribution is -2.20. The molecule has 0 aromatic heterocycles. The molecule has 1 aliphatic carbocycles. The van der Waals surface area contributed by atoms with E-state index in [-0.39, 0.29) is 24.1 Å². The molecule has 1 aliphatic rings. The van der Waals surface area contributed by atoms with Gasteiger partial charge in [0, 0.05) is 6.42 Å². The molecule has 0 fully saturated rings. The number of carbonyl (C=O) groups is 2. The summed E-state index contributed by atoms with van der Waals surface area (Å²) >= 11 is 0. The second-order valence-corrected chi connectivity index (χ2v) is 5.24. The molecule has 4 heteroatoms.